The van der Waals surface area contributed by atoms with Crippen molar-refractivity contribution in [2.24, 2.45) is 0 Å². The molecule has 0 atom stereocenters. The minimum absolute atomic E-state index is 0.0165. The summed E-state index contributed by atoms with van der Waals surface area (Å²) >= 11 is 5.78. The van der Waals surface area contributed by atoms with E-state index in [1.807, 2.05) is 0 Å². The van der Waals surface area contributed by atoms with Crippen LogP contribution in [-0.2, 0) is 5.92 Å². The van der Waals surface area contributed by atoms with Crippen LogP contribution >= 0.6 is 11.6 Å². The highest BCUT2D eigenvalue weighted by Crippen LogP contribution is 2.34. The number of alkyl halides is 4. The summed E-state index contributed by atoms with van der Waals surface area (Å²) in [6.07, 6.45) is -3.87. The van der Waals surface area contributed by atoms with E-state index in [9.17, 15) is 17.6 Å². The predicted molar refractivity (Wildman–Crippen MR) is 64.0 cm³/mol. The zero-order chi connectivity index (χ0) is 14.2. The number of hydrogen-bond acceptors (Lipinski definition) is 3. The first-order valence-corrected chi connectivity index (χ1v) is 5.55. The summed E-state index contributed by atoms with van der Waals surface area (Å²) in [5.41, 5.74) is 0.110. The largest absolute Gasteiger partial charge is 0.373 e. The third-order valence-electron chi connectivity index (χ3n) is 2.47. The van der Waals surface area contributed by atoms with E-state index in [0.717, 1.165) is 0 Å². The molecule has 0 bridgehead atoms. The van der Waals surface area contributed by atoms with Gasteiger partial charge in [-0.15, -0.1) is 0 Å². The highest BCUT2D eigenvalue weighted by molar-refractivity contribution is 6.31. The fourth-order valence-electron chi connectivity index (χ4n) is 1.54. The van der Waals surface area contributed by atoms with E-state index in [-0.39, 0.29) is 11.3 Å². The van der Waals surface area contributed by atoms with Crippen LogP contribution in [0.4, 0.5) is 23.4 Å². The molecule has 0 saturated carbocycles. The van der Waals surface area contributed by atoms with Crippen LogP contribution in [-0.4, -0.2) is 23.4 Å². The van der Waals surface area contributed by atoms with E-state index in [1.165, 1.54) is 25.2 Å². The monoisotopic (exact) mass is 293 g/mol. The summed E-state index contributed by atoms with van der Waals surface area (Å²) in [5, 5.41) is 3.30. The van der Waals surface area contributed by atoms with E-state index in [0.29, 0.717) is 10.4 Å². The molecule has 1 heterocycles. The molecule has 102 valence electrons. The van der Waals surface area contributed by atoms with Crippen LogP contribution in [0.25, 0.3) is 10.9 Å². The Morgan fingerprint density at radius 2 is 1.95 bits per heavy atom. The van der Waals surface area contributed by atoms with Gasteiger partial charge in [-0.2, -0.15) is 8.78 Å². The second-order valence-corrected chi connectivity index (χ2v) is 4.17. The quantitative estimate of drug-likeness (QED) is 0.877. The second kappa shape index (κ2) is 4.80. The van der Waals surface area contributed by atoms with Crippen LogP contribution in [0.3, 0.4) is 0 Å². The van der Waals surface area contributed by atoms with Gasteiger partial charge in [0.15, 0.2) is 0 Å². The second-order valence-electron chi connectivity index (χ2n) is 3.73. The molecule has 0 spiro atoms. The van der Waals surface area contributed by atoms with Gasteiger partial charge in [0.25, 0.3) is 0 Å². The number of aromatic nitrogens is 2. The molecular weight excluding hydrogens is 286 g/mol. The van der Waals surface area contributed by atoms with Crippen LogP contribution in [0.2, 0.25) is 5.02 Å². The van der Waals surface area contributed by atoms with Crippen molar-refractivity contribution in [3.8, 4) is 0 Å². The molecule has 0 unspecified atom stereocenters. The van der Waals surface area contributed by atoms with Gasteiger partial charge in [-0.25, -0.2) is 18.7 Å². The Hall–Kier alpha value is -1.63. The van der Waals surface area contributed by atoms with Gasteiger partial charge in [-0.1, -0.05) is 11.6 Å². The third-order valence-corrected chi connectivity index (χ3v) is 2.70. The number of fused-ring (bicyclic) bond motifs is 1. The van der Waals surface area contributed by atoms with Crippen molar-refractivity contribution in [1.82, 2.24) is 9.97 Å². The fourth-order valence-corrected chi connectivity index (χ4v) is 1.71. The Labute approximate surface area is 110 Å². The normalized spacial score (nSPS) is 12.2. The molecule has 2 aromatic rings. The smallest absolute Gasteiger partial charge is 0.365 e. The first kappa shape index (κ1) is 13.8. The molecule has 3 nitrogen and oxygen atoms in total. The van der Waals surface area contributed by atoms with Crippen molar-refractivity contribution in [3.05, 3.63) is 29.0 Å². The molecular formula is C11H8ClF4N3. The molecule has 0 amide bonds. The van der Waals surface area contributed by atoms with E-state index in [4.69, 9.17) is 11.6 Å². The number of halogens is 5. The number of rotatable bonds is 3. The molecule has 19 heavy (non-hydrogen) atoms. The molecule has 0 fully saturated rings. The lowest BCUT2D eigenvalue weighted by Crippen LogP contribution is -2.26. The molecule has 0 saturated heterocycles. The number of anilines is 1. The average molecular weight is 294 g/mol. The van der Waals surface area contributed by atoms with Gasteiger partial charge in [-0.05, 0) is 18.2 Å². The Kier molecular flexibility index (Phi) is 3.49. The van der Waals surface area contributed by atoms with Gasteiger partial charge in [0.1, 0.15) is 5.82 Å². The Morgan fingerprint density at radius 1 is 1.26 bits per heavy atom. The van der Waals surface area contributed by atoms with Crippen molar-refractivity contribution < 1.29 is 17.6 Å². The Bertz CT molecular complexity index is 618. The van der Waals surface area contributed by atoms with E-state index in [1.54, 1.807) is 0 Å². The Morgan fingerprint density at radius 3 is 2.53 bits per heavy atom. The van der Waals surface area contributed by atoms with Crippen molar-refractivity contribution in [2.45, 2.75) is 12.3 Å². The van der Waals surface area contributed by atoms with Gasteiger partial charge < -0.3 is 5.32 Å². The molecule has 0 aliphatic rings. The first-order valence-electron chi connectivity index (χ1n) is 5.17. The summed E-state index contributed by atoms with van der Waals surface area (Å²) in [4.78, 5) is 6.92. The average Bonchev–Trinajstić information content (AvgIpc) is 2.37. The fraction of sp³-hybridized carbons (Fsp3) is 0.273. The number of nitrogens with zero attached hydrogens (tertiary/aromatic N) is 2. The maximum Gasteiger partial charge on any atom is 0.365 e. The molecule has 1 aromatic heterocycles. The van der Waals surface area contributed by atoms with Gasteiger partial charge in [0.05, 0.1) is 5.52 Å². The minimum Gasteiger partial charge on any atom is -0.373 e. The third kappa shape index (κ3) is 2.42. The van der Waals surface area contributed by atoms with Crippen molar-refractivity contribution in [3.63, 3.8) is 0 Å². The Balaban J connectivity index is 2.70. The molecule has 1 N–H and O–H groups in total. The SMILES string of the molecule is CNc1nc(C(F)(F)C(F)F)nc2ccc(Cl)cc12. The predicted octanol–water partition coefficient (Wildman–Crippen LogP) is 3.68. The zero-order valence-electron chi connectivity index (χ0n) is 9.59. The topological polar surface area (TPSA) is 37.8 Å². The van der Waals surface area contributed by atoms with E-state index in [2.05, 4.69) is 15.3 Å². The molecule has 0 radical (unpaired) electrons. The molecule has 0 aliphatic carbocycles. The van der Waals surface area contributed by atoms with Crippen LogP contribution < -0.4 is 5.32 Å². The number of hydrogen-bond donors (Lipinski definition) is 1. The summed E-state index contributed by atoms with van der Waals surface area (Å²) in [7, 11) is 1.44. The van der Waals surface area contributed by atoms with Crippen molar-refractivity contribution in [2.75, 3.05) is 12.4 Å². The summed E-state index contributed by atoms with van der Waals surface area (Å²) in [6.45, 7) is 0. The lowest BCUT2D eigenvalue weighted by atomic mass is 10.2. The first-order chi connectivity index (χ1) is 8.86. The van der Waals surface area contributed by atoms with Crippen molar-refractivity contribution >= 4 is 28.3 Å². The van der Waals surface area contributed by atoms with Gasteiger partial charge in [0.2, 0.25) is 5.82 Å². The highest BCUT2D eigenvalue weighted by Gasteiger charge is 2.46. The lowest BCUT2D eigenvalue weighted by Gasteiger charge is -2.15. The van der Waals surface area contributed by atoms with Crippen molar-refractivity contribution in [1.29, 1.82) is 0 Å². The molecule has 2 rings (SSSR count). The van der Waals surface area contributed by atoms with Crippen LogP contribution in [0, 0.1) is 0 Å². The highest BCUT2D eigenvalue weighted by atomic mass is 35.5. The maximum atomic E-state index is 13.3. The number of benzene rings is 1. The van der Waals surface area contributed by atoms with Gasteiger partial charge in [0, 0.05) is 17.5 Å². The van der Waals surface area contributed by atoms with Crippen LogP contribution in [0.1, 0.15) is 5.82 Å². The standard InChI is InChI=1S/C11H8ClF4N3/c1-17-8-6-4-5(12)2-3-7(6)18-10(19-8)11(15,16)9(13)14/h2-4,9H,1H3,(H,17,18,19). The van der Waals surface area contributed by atoms with Crippen LogP contribution in [0.15, 0.2) is 18.2 Å². The van der Waals surface area contributed by atoms with Gasteiger partial charge >= 0.3 is 12.3 Å². The zero-order valence-corrected chi connectivity index (χ0v) is 10.3. The number of nitrogens with one attached hydrogen (secondary N) is 1. The molecule has 1 aromatic carbocycles. The van der Waals surface area contributed by atoms with E-state index < -0.39 is 18.2 Å². The van der Waals surface area contributed by atoms with Crippen LogP contribution in [0.5, 0.6) is 0 Å². The molecule has 0 aliphatic heterocycles. The maximum absolute atomic E-state index is 13.3. The van der Waals surface area contributed by atoms with Gasteiger partial charge in [-0.3, -0.25) is 0 Å². The van der Waals surface area contributed by atoms with E-state index >= 15 is 0 Å². The minimum atomic E-state index is -4.40. The summed E-state index contributed by atoms with van der Waals surface area (Å²) in [5.74, 6) is -5.61. The lowest BCUT2D eigenvalue weighted by molar-refractivity contribution is -0.140. The summed E-state index contributed by atoms with van der Waals surface area (Å²) in [6, 6.07) is 4.26. The molecule has 8 heteroatoms. The summed E-state index contributed by atoms with van der Waals surface area (Å²) < 4.78 is 51.2.